The highest BCUT2D eigenvalue weighted by atomic mass is 19.1. The average Bonchev–Trinajstić information content (AvgIpc) is 3.62. The number of halogens is 1. The van der Waals surface area contributed by atoms with E-state index in [4.69, 9.17) is 4.74 Å². The number of H-pyrrole nitrogens is 2. The number of nitrogens with zero attached hydrogens (tertiary/aromatic N) is 4. The zero-order chi connectivity index (χ0) is 27.1. The van der Waals surface area contributed by atoms with Crippen LogP contribution in [-0.2, 0) is 4.74 Å². The van der Waals surface area contributed by atoms with Crippen molar-refractivity contribution in [3.8, 4) is 33.6 Å². The van der Waals surface area contributed by atoms with Gasteiger partial charge in [-0.2, -0.15) is 5.10 Å². The summed E-state index contributed by atoms with van der Waals surface area (Å²) in [5, 5.41) is 12.4. The first kappa shape index (κ1) is 24.0. The maximum absolute atomic E-state index is 13.5. The molecule has 0 saturated carbocycles. The van der Waals surface area contributed by atoms with Crippen molar-refractivity contribution in [1.82, 2.24) is 30.0 Å². The van der Waals surface area contributed by atoms with Crippen LogP contribution in [0.3, 0.4) is 0 Å². The molecular weight excluding hydrogens is 509 g/mol. The molecule has 198 valence electrons. The van der Waals surface area contributed by atoms with Crippen molar-refractivity contribution in [1.29, 1.82) is 0 Å². The maximum Gasteiger partial charge on any atom is 0.322 e. The predicted molar refractivity (Wildman–Crippen MR) is 151 cm³/mol. The minimum atomic E-state index is -0.266. The minimum absolute atomic E-state index is 0.174. The van der Waals surface area contributed by atoms with Crippen molar-refractivity contribution in [2.45, 2.75) is 0 Å². The molecule has 0 radical (unpaired) electrons. The van der Waals surface area contributed by atoms with Crippen molar-refractivity contribution >= 4 is 33.7 Å². The van der Waals surface area contributed by atoms with E-state index in [2.05, 4.69) is 36.5 Å². The van der Waals surface area contributed by atoms with Gasteiger partial charge < -0.3 is 19.9 Å². The van der Waals surface area contributed by atoms with E-state index in [1.165, 1.54) is 12.1 Å². The van der Waals surface area contributed by atoms with Gasteiger partial charge in [0.1, 0.15) is 11.5 Å². The SMILES string of the molecule is O=C(Nc1cncc(-c2cnc3[nH]nc(-c4cc5c(-c6ccc(F)cc6)cccc5[nH]4)c3c2)c1)N1CCOCC1. The van der Waals surface area contributed by atoms with Gasteiger partial charge in [0.15, 0.2) is 5.65 Å². The zero-order valence-electron chi connectivity index (χ0n) is 21.3. The van der Waals surface area contributed by atoms with Gasteiger partial charge in [0.2, 0.25) is 0 Å². The Bertz CT molecular complexity index is 1860. The molecule has 3 N–H and O–H groups in total. The topological polar surface area (TPSA) is 112 Å². The van der Waals surface area contributed by atoms with E-state index in [0.717, 1.165) is 49.9 Å². The number of pyridine rings is 2. The van der Waals surface area contributed by atoms with Crippen LogP contribution >= 0.6 is 0 Å². The molecule has 0 aliphatic carbocycles. The molecule has 4 aromatic heterocycles. The van der Waals surface area contributed by atoms with E-state index in [9.17, 15) is 9.18 Å². The normalized spacial score (nSPS) is 13.7. The molecular formula is C30H24FN7O2. The van der Waals surface area contributed by atoms with Crippen LogP contribution < -0.4 is 5.32 Å². The predicted octanol–water partition coefficient (Wildman–Crippen LogP) is 5.84. The summed E-state index contributed by atoms with van der Waals surface area (Å²) in [6.07, 6.45) is 5.12. The first-order chi connectivity index (χ1) is 19.6. The van der Waals surface area contributed by atoms with E-state index >= 15 is 0 Å². The minimum Gasteiger partial charge on any atom is -0.378 e. The van der Waals surface area contributed by atoms with Crippen molar-refractivity contribution in [2.24, 2.45) is 0 Å². The fourth-order valence-corrected chi connectivity index (χ4v) is 5.07. The fraction of sp³-hybridized carbons (Fsp3) is 0.133. The number of nitrogens with one attached hydrogen (secondary N) is 3. The van der Waals surface area contributed by atoms with Crippen LogP contribution in [0.25, 0.3) is 55.6 Å². The van der Waals surface area contributed by atoms with Crippen LogP contribution in [0.1, 0.15) is 0 Å². The number of ether oxygens (including phenoxy) is 1. The van der Waals surface area contributed by atoms with Gasteiger partial charge in [0.05, 0.1) is 30.8 Å². The lowest BCUT2D eigenvalue weighted by Gasteiger charge is -2.26. The molecule has 40 heavy (non-hydrogen) atoms. The Morgan fingerprint density at radius 1 is 0.925 bits per heavy atom. The summed E-state index contributed by atoms with van der Waals surface area (Å²) < 4.78 is 18.8. The van der Waals surface area contributed by atoms with Crippen LogP contribution in [0.2, 0.25) is 0 Å². The van der Waals surface area contributed by atoms with Crippen molar-refractivity contribution in [3.05, 3.63) is 85.1 Å². The van der Waals surface area contributed by atoms with E-state index in [1.807, 2.05) is 30.3 Å². The smallest absolute Gasteiger partial charge is 0.322 e. The second kappa shape index (κ2) is 9.90. The van der Waals surface area contributed by atoms with Crippen molar-refractivity contribution in [3.63, 3.8) is 0 Å². The summed E-state index contributed by atoms with van der Waals surface area (Å²) in [5.74, 6) is -0.266. The Kier molecular flexibility index (Phi) is 5.94. The maximum atomic E-state index is 13.5. The number of carbonyl (C=O) groups is 1. The molecule has 2 aromatic carbocycles. The van der Waals surface area contributed by atoms with Gasteiger partial charge >= 0.3 is 6.03 Å². The second-order valence-electron chi connectivity index (χ2n) is 9.64. The van der Waals surface area contributed by atoms with E-state index in [-0.39, 0.29) is 11.8 Å². The molecule has 0 unspecified atom stereocenters. The van der Waals surface area contributed by atoms with Crippen molar-refractivity contribution in [2.75, 3.05) is 31.6 Å². The number of benzene rings is 2. The van der Waals surface area contributed by atoms with Crippen LogP contribution in [0.5, 0.6) is 0 Å². The van der Waals surface area contributed by atoms with Crippen LogP contribution in [0, 0.1) is 5.82 Å². The molecule has 1 aliphatic rings. The van der Waals surface area contributed by atoms with Gasteiger partial charge in [-0.3, -0.25) is 10.1 Å². The lowest BCUT2D eigenvalue weighted by molar-refractivity contribution is 0.0564. The van der Waals surface area contributed by atoms with Crippen molar-refractivity contribution < 1.29 is 13.9 Å². The number of aromatic nitrogens is 5. The summed E-state index contributed by atoms with van der Waals surface area (Å²) in [6, 6.07) is 18.3. The largest absolute Gasteiger partial charge is 0.378 e. The monoisotopic (exact) mass is 533 g/mol. The number of carbonyl (C=O) groups excluding carboxylic acids is 1. The molecule has 0 atom stereocenters. The van der Waals surface area contributed by atoms with Gasteiger partial charge in [-0.25, -0.2) is 14.2 Å². The number of urea groups is 1. The van der Waals surface area contributed by atoms with Crippen LogP contribution in [0.15, 0.2) is 79.3 Å². The summed E-state index contributed by atoms with van der Waals surface area (Å²) in [6.45, 7) is 2.19. The Hall–Kier alpha value is -5.09. The highest BCUT2D eigenvalue weighted by Crippen LogP contribution is 2.35. The Labute approximate surface area is 228 Å². The third-order valence-electron chi connectivity index (χ3n) is 7.11. The number of fused-ring (bicyclic) bond motifs is 2. The quantitative estimate of drug-likeness (QED) is 0.264. The third-order valence-corrected chi connectivity index (χ3v) is 7.11. The van der Waals surface area contributed by atoms with E-state index in [1.54, 1.807) is 35.6 Å². The summed E-state index contributed by atoms with van der Waals surface area (Å²) in [5.41, 5.74) is 7.36. The van der Waals surface area contributed by atoms with E-state index < -0.39 is 0 Å². The number of rotatable bonds is 4. The molecule has 1 saturated heterocycles. The fourth-order valence-electron chi connectivity index (χ4n) is 5.07. The number of morpholine rings is 1. The molecule has 2 amide bonds. The van der Waals surface area contributed by atoms with Gasteiger partial charge in [0.25, 0.3) is 0 Å². The van der Waals surface area contributed by atoms with E-state index in [0.29, 0.717) is 37.6 Å². The molecule has 9 nitrogen and oxygen atoms in total. The van der Waals surface area contributed by atoms with Gasteiger partial charge in [-0.05, 0) is 47.5 Å². The van der Waals surface area contributed by atoms with Gasteiger partial charge in [-0.15, -0.1) is 0 Å². The molecule has 10 heteroatoms. The number of hydrogen-bond acceptors (Lipinski definition) is 5. The van der Waals surface area contributed by atoms with Crippen LogP contribution in [-0.4, -0.2) is 62.4 Å². The highest BCUT2D eigenvalue weighted by Gasteiger charge is 2.18. The number of aromatic amines is 2. The molecule has 0 spiro atoms. The lowest BCUT2D eigenvalue weighted by Crippen LogP contribution is -2.43. The summed E-state index contributed by atoms with van der Waals surface area (Å²) in [4.78, 5) is 26.8. The number of anilines is 1. The first-order valence-corrected chi connectivity index (χ1v) is 12.9. The Morgan fingerprint density at radius 2 is 1.75 bits per heavy atom. The highest BCUT2D eigenvalue weighted by molar-refractivity contribution is 6.01. The number of hydrogen-bond donors (Lipinski definition) is 3. The standard InChI is InChI=1S/C30H24FN7O2/c31-21-6-4-18(5-7-21)23-2-1-3-26-24(23)14-27(35-26)28-25-13-20(16-33-29(25)37-36-28)19-12-22(17-32-15-19)34-30(39)38-8-10-40-11-9-38/h1-7,12-17,35H,8-11H2,(H,34,39)(H,33,36,37). The zero-order valence-corrected chi connectivity index (χ0v) is 21.3. The van der Waals surface area contributed by atoms with Crippen LogP contribution in [0.4, 0.5) is 14.9 Å². The molecule has 1 aliphatic heterocycles. The molecule has 1 fully saturated rings. The average molecular weight is 534 g/mol. The summed E-state index contributed by atoms with van der Waals surface area (Å²) >= 11 is 0. The molecule has 7 rings (SSSR count). The first-order valence-electron chi connectivity index (χ1n) is 12.9. The number of amides is 2. The lowest BCUT2D eigenvalue weighted by atomic mass is 10.0. The molecule has 5 heterocycles. The third kappa shape index (κ3) is 4.44. The Morgan fingerprint density at radius 3 is 2.60 bits per heavy atom. The second-order valence-corrected chi connectivity index (χ2v) is 9.64. The van der Waals surface area contributed by atoms with Gasteiger partial charge in [0, 0.05) is 52.9 Å². The Balaban J connectivity index is 1.22. The molecule has 0 bridgehead atoms. The summed E-state index contributed by atoms with van der Waals surface area (Å²) in [7, 11) is 0. The molecule has 6 aromatic rings. The van der Waals surface area contributed by atoms with Gasteiger partial charge in [-0.1, -0.05) is 24.3 Å².